The van der Waals surface area contributed by atoms with E-state index in [0.29, 0.717) is 11.5 Å². The third-order valence-corrected chi connectivity index (χ3v) is 17.1. The van der Waals surface area contributed by atoms with E-state index in [2.05, 4.69) is 142 Å². The van der Waals surface area contributed by atoms with Crippen LogP contribution in [0.4, 0.5) is 11.4 Å². The summed E-state index contributed by atoms with van der Waals surface area (Å²) in [5.74, 6) is 4.44. The Labute approximate surface area is 388 Å². The van der Waals surface area contributed by atoms with Crippen LogP contribution in [0.1, 0.15) is 137 Å². The minimum absolute atomic E-state index is 0.0551. The van der Waals surface area contributed by atoms with E-state index in [0.717, 1.165) is 82.1 Å². The van der Waals surface area contributed by atoms with Crippen LogP contribution in [-0.2, 0) is 32.5 Å². The second kappa shape index (κ2) is 12.5. The summed E-state index contributed by atoms with van der Waals surface area (Å²) in [4.78, 5) is 10.4. The van der Waals surface area contributed by atoms with Gasteiger partial charge >= 0.3 is 0 Å². The van der Waals surface area contributed by atoms with Crippen molar-refractivity contribution >= 4 is 33.4 Å². The number of methoxy groups -OCH3 is 2. The molecule has 0 N–H and O–H groups in total. The van der Waals surface area contributed by atoms with Gasteiger partial charge in [0.1, 0.15) is 0 Å². The van der Waals surface area contributed by atoms with Crippen molar-refractivity contribution in [3.63, 3.8) is 0 Å². The molecule has 5 aliphatic carbocycles. The lowest BCUT2D eigenvalue weighted by atomic mass is 9.72. The van der Waals surface area contributed by atoms with Crippen molar-refractivity contribution in [1.82, 2.24) is 9.97 Å². The molecule has 0 fully saturated rings. The molecule has 66 heavy (non-hydrogen) atoms. The summed E-state index contributed by atoms with van der Waals surface area (Å²) in [6.07, 6.45) is 8.22. The molecule has 13 rings (SSSR count). The van der Waals surface area contributed by atoms with E-state index in [9.17, 15) is 0 Å². The number of fused-ring (bicyclic) bond motifs is 14. The Morgan fingerprint density at radius 2 is 0.788 bits per heavy atom. The van der Waals surface area contributed by atoms with Crippen LogP contribution in [0.15, 0.2) is 84.3 Å². The Kier molecular flexibility index (Phi) is 7.62. The predicted molar refractivity (Wildman–Crippen MR) is 262 cm³/mol. The Morgan fingerprint density at radius 3 is 1.27 bits per heavy atom. The van der Waals surface area contributed by atoms with Gasteiger partial charge in [-0.25, -0.2) is 9.97 Å². The zero-order valence-corrected chi connectivity index (χ0v) is 40.3. The van der Waals surface area contributed by atoms with Crippen LogP contribution in [0.25, 0.3) is 32.7 Å². The number of hydrogen-bond acceptors (Lipinski definition) is 6. The molecule has 4 unspecified atom stereocenters. The van der Waals surface area contributed by atoms with Crippen LogP contribution < -0.4 is 18.9 Å². The average molecular weight is 875 g/mol. The molecule has 8 nitrogen and oxygen atoms in total. The number of aryl methyl sites for hydroxylation is 2. The molecule has 0 bridgehead atoms. The lowest BCUT2D eigenvalue weighted by molar-refractivity contribution is 0.286. The molecule has 336 valence electrons. The highest BCUT2D eigenvalue weighted by molar-refractivity contribution is 5.90. The number of aromatic nitrogens is 2. The van der Waals surface area contributed by atoms with Crippen molar-refractivity contribution in [2.75, 3.05) is 14.2 Å². The molecule has 0 saturated carbocycles. The largest absolute Gasteiger partial charge is 0.680 e. The zero-order chi connectivity index (χ0) is 45.8. The van der Waals surface area contributed by atoms with Gasteiger partial charge in [-0.05, 0) is 165 Å². The van der Waals surface area contributed by atoms with E-state index in [1.54, 1.807) is 14.2 Å². The SMILES string of the molecule is COc1cc2c(cc1OC)C1(CC2(C)C)CC(C)(C)c2cc3c(cc21)OC1=CC2[N-]c4cc5c(cc4[N-]C2C=C1O3)C(C)(C)CC51CC(C)(C)c2cc3nc4cc(C)c(C)cc4nc3cc21. The summed E-state index contributed by atoms with van der Waals surface area (Å²) < 4.78 is 25.4. The fraction of sp³-hybridized carbons (Fsp3) is 0.414. The van der Waals surface area contributed by atoms with E-state index in [-0.39, 0.29) is 44.6 Å². The third-order valence-electron chi connectivity index (χ3n) is 17.1. The van der Waals surface area contributed by atoms with E-state index >= 15 is 0 Å². The predicted octanol–water partition coefficient (Wildman–Crippen LogP) is 13.7. The van der Waals surface area contributed by atoms with Crippen LogP contribution in [0.2, 0.25) is 0 Å². The molecule has 2 aliphatic heterocycles. The Morgan fingerprint density at radius 1 is 0.455 bits per heavy atom. The quantitative estimate of drug-likeness (QED) is 0.161. The standard InChI is InChI=1S/C58H58N4O4/c1-29-13-39-40(14-30(29)2)60-43-17-35-31(15-41(43)59-39)53(3,4)25-57(35)26-54(5,6)32-16-42-44(18-36(32)57)62-46-24-52-51(23-45(46)61-42)65-49-20-34-38(22-50(49)66-52)58(28-56(34,9)10)27-55(7,8)33-19-47(63-11)48(64-12)21-37(33)58/h13-24,45-46H,25-28H2,1-12H3/q-2. The summed E-state index contributed by atoms with van der Waals surface area (Å²) in [6, 6.07) is 22.3. The van der Waals surface area contributed by atoms with Crippen molar-refractivity contribution in [1.29, 1.82) is 0 Å². The third kappa shape index (κ3) is 5.22. The molecule has 7 aliphatic rings. The minimum atomic E-state index is -0.221. The number of hydrogen-bond donors (Lipinski definition) is 0. The number of rotatable bonds is 2. The number of nitrogens with zero attached hydrogens (tertiary/aromatic N) is 4. The number of benzene rings is 5. The molecule has 0 amide bonds. The average Bonchev–Trinajstić information content (AvgIpc) is 3.80. The van der Waals surface area contributed by atoms with Crippen molar-refractivity contribution in [2.45, 2.75) is 139 Å². The smallest absolute Gasteiger partial charge is 0.170 e. The molecule has 1 aromatic heterocycles. The molecular weight excluding hydrogens is 817 g/mol. The van der Waals surface area contributed by atoms with Crippen LogP contribution in [-0.4, -0.2) is 36.3 Å². The van der Waals surface area contributed by atoms with Gasteiger partial charge in [0.05, 0.1) is 36.3 Å². The van der Waals surface area contributed by atoms with Crippen molar-refractivity contribution in [2.24, 2.45) is 0 Å². The van der Waals surface area contributed by atoms with Crippen LogP contribution in [0, 0.1) is 13.8 Å². The Balaban J connectivity index is 0.868. The van der Waals surface area contributed by atoms with E-state index in [1.165, 1.54) is 55.6 Å². The van der Waals surface area contributed by atoms with Crippen molar-refractivity contribution in [3.05, 3.63) is 151 Å². The lowest BCUT2D eigenvalue weighted by Gasteiger charge is -2.55. The maximum absolute atomic E-state index is 6.91. The summed E-state index contributed by atoms with van der Waals surface area (Å²) >= 11 is 0. The first kappa shape index (κ1) is 40.3. The molecule has 0 radical (unpaired) electrons. The minimum Gasteiger partial charge on any atom is -0.680 e. The topological polar surface area (TPSA) is 90.9 Å². The molecule has 0 saturated heterocycles. The summed E-state index contributed by atoms with van der Waals surface area (Å²) in [6.45, 7) is 23.4. The monoisotopic (exact) mass is 874 g/mol. The van der Waals surface area contributed by atoms with Crippen LogP contribution in [0.3, 0.4) is 0 Å². The van der Waals surface area contributed by atoms with Gasteiger partial charge in [0.15, 0.2) is 34.5 Å². The fourth-order valence-corrected chi connectivity index (χ4v) is 14.4. The second-order valence-electron chi connectivity index (χ2n) is 23.4. The number of ether oxygens (including phenoxy) is 4. The normalized spacial score (nSPS) is 26.6. The van der Waals surface area contributed by atoms with Crippen LogP contribution in [0.5, 0.6) is 23.0 Å². The van der Waals surface area contributed by atoms with Gasteiger partial charge in [0.25, 0.3) is 0 Å². The van der Waals surface area contributed by atoms with Gasteiger partial charge < -0.3 is 29.6 Å². The lowest BCUT2D eigenvalue weighted by Crippen LogP contribution is -2.30. The summed E-state index contributed by atoms with van der Waals surface area (Å²) in [5, 5.41) is 10.9. The summed E-state index contributed by atoms with van der Waals surface area (Å²) in [7, 11) is 3.44. The zero-order valence-electron chi connectivity index (χ0n) is 40.3. The van der Waals surface area contributed by atoms with E-state index < -0.39 is 0 Å². The molecule has 5 aromatic carbocycles. The van der Waals surface area contributed by atoms with Gasteiger partial charge in [0.2, 0.25) is 0 Å². The summed E-state index contributed by atoms with van der Waals surface area (Å²) in [5.41, 5.74) is 18.2. The van der Waals surface area contributed by atoms with Gasteiger partial charge in [-0.1, -0.05) is 79.7 Å². The van der Waals surface area contributed by atoms with E-state index in [1.807, 2.05) is 0 Å². The first-order valence-electron chi connectivity index (χ1n) is 23.8. The molecule has 8 heteroatoms. The second-order valence-corrected chi connectivity index (χ2v) is 23.4. The molecule has 2 spiro atoms. The highest BCUT2D eigenvalue weighted by atomic mass is 16.6. The van der Waals surface area contributed by atoms with Gasteiger partial charge in [-0.2, -0.15) is 11.4 Å². The fourth-order valence-electron chi connectivity index (χ4n) is 14.4. The van der Waals surface area contributed by atoms with Crippen molar-refractivity contribution in [3.8, 4) is 23.0 Å². The molecular formula is C58H58N4O4-2. The van der Waals surface area contributed by atoms with Gasteiger partial charge in [-0.3, -0.25) is 0 Å². The van der Waals surface area contributed by atoms with Crippen LogP contribution >= 0.6 is 0 Å². The maximum atomic E-state index is 6.91. The highest BCUT2D eigenvalue weighted by Crippen LogP contribution is 2.67. The highest BCUT2D eigenvalue weighted by Gasteiger charge is 2.58. The molecule has 6 aromatic rings. The first-order chi connectivity index (χ1) is 31.2. The maximum Gasteiger partial charge on any atom is 0.170 e. The first-order valence-corrected chi connectivity index (χ1v) is 23.8. The van der Waals surface area contributed by atoms with Gasteiger partial charge in [0, 0.05) is 10.8 Å². The van der Waals surface area contributed by atoms with Crippen molar-refractivity contribution < 1.29 is 18.9 Å². The Bertz CT molecular complexity index is 3300. The van der Waals surface area contributed by atoms with E-state index in [4.69, 9.17) is 39.5 Å². The molecule has 3 heterocycles. The molecule has 4 atom stereocenters. The Hall–Kier alpha value is -6.02. The van der Waals surface area contributed by atoms with Gasteiger partial charge in [-0.15, -0.1) is 12.1 Å².